The fraction of sp³-hybridized carbons (Fsp3) is 0.375. The Morgan fingerprint density at radius 1 is 1.10 bits per heavy atom. The summed E-state index contributed by atoms with van der Waals surface area (Å²) >= 11 is 0. The molecule has 3 aromatic rings. The molecule has 7 heteroatoms. The van der Waals surface area contributed by atoms with Crippen molar-refractivity contribution in [3.63, 3.8) is 0 Å². The number of imidazole rings is 1. The second kappa shape index (κ2) is 8.15. The molecule has 1 aromatic heterocycles. The van der Waals surface area contributed by atoms with Crippen molar-refractivity contribution in [1.29, 1.82) is 0 Å². The summed E-state index contributed by atoms with van der Waals surface area (Å²) in [6.07, 6.45) is 0.392. The van der Waals surface area contributed by atoms with Gasteiger partial charge in [0.2, 0.25) is 11.8 Å². The van der Waals surface area contributed by atoms with Gasteiger partial charge in [0, 0.05) is 37.7 Å². The Morgan fingerprint density at radius 2 is 1.84 bits per heavy atom. The van der Waals surface area contributed by atoms with Gasteiger partial charge in [-0.15, -0.1) is 0 Å². The fourth-order valence-electron chi connectivity index (χ4n) is 4.60. The number of aryl methyl sites for hydroxylation is 1. The van der Waals surface area contributed by atoms with Crippen molar-refractivity contribution in [2.24, 2.45) is 0 Å². The molecule has 2 amide bonds. The number of carbonyl (C=O) groups excluding carboxylic acids is 2. The third-order valence-corrected chi connectivity index (χ3v) is 6.24. The largest absolute Gasteiger partial charge is 0.378 e. The van der Waals surface area contributed by atoms with Gasteiger partial charge >= 0.3 is 0 Å². The molecule has 3 heterocycles. The number of amides is 2. The van der Waals surface area contributed by atoms with Crippen LogP contribution in [-0.2, 0) is 20.9 Å². The molecule has 0 spiro atoms. The molecule has 1 atom stereocenters. The number of hydrogen-bond donors (Lipinski definition) is 0. The minimum Gasteiger partial charge on any atom is -0.378 e. The molecule has 0 unspecified atom stereocenters. The average Bonchev–Trinajstić information content (AvgIpc) is 3.35. The predicted octanol–water partition coefficient (Wildman–Crippen LogP) is 2.72. The lowest BCUT2D eigenvalue weighted by Gasteiger charge is -2.27. The van der Waals surface area contributed by atoms with Crippen LogP contribution in [0.1, 0.15) is 23.7 Å². The van der Waals surface area contributed by atoms with Crippen LogP contribution in [-0.4, -0.2) is 59.1 Å². The van der Waals surface area contributed by atoms with Crippen LogP contribution in [0, 0.1) is 6.92 Å². The predicted molar refractivity (Wildman–Crippen MR) is 118 cm³/mol. The van der Waals surface area contributed by atoms with Gasteiger partial charge in [0.25, 0.3) is 0 Å². The van der Waals surface area contributed by atoms with E-state index in [4.69, 9.17) is 9.72 Å². The minimum atomic E-state index is -0.0583. The molecular weight excluding hydrogens is 392 g/mol. The number of anilines is 1. The Morgan fingerprint density at radius 3 is 2.65 bits per heavy atom. The van der Waals surface area contributed by atoms with Gasteiger partial charge in [-0.05, 0) is 30.7 Å². The molecule has 2 fully saturated rings. The van der Waals surface area contributed by atoms with E-state index in [-0.39, 0.29) is 24.3 Å². The highest BCUT2D eigenvalue weighted by molar-refractivity contribution is 5.97. The quantitative estimate of drug-likeness (QED) is 0.653. The molecule has 2 aliphatic heterocycles. The molecule has 0 bridgehead atoms. The zero-order chi connectivity index (χ0) is 21.4. The van der Waals surface area contributed by atoms with Crippen LogP contribution in [0.5, 0.6) is 0 Å². The van der Waals surface area contributed by atoms with E-state index < -0.39 is 0 Å². The van der Waals surface area contributed by atoms with Crippen LogP contribution >= 0.6 is 0 Å². The second-order valence-electron chi connectivity index (χ2n) is 8.23. The van der Waals surface area contributed by atoms with Gasteiger partial charge in [-0.3, -0.25) is 9.59 Å². The number of aromatic nitrogens is 2. The van der Waals surface area contributed by atoms with E-state index in [0.29, 0.717) is 39.3 Å². The highest BCUT2D eigenvalue weighted by atomic mass is 16.5. The average molecular weight is 418 g/mol. The van der Waals surface area contributed by atoms with Gasteiger partial charge in [-0.1, -0.05) is 30.3 Å². The third kappa shape index (κ3) is 3.70. The number of fused-ring (bicyclic) bond motifs is 1. The van der Waals surface area contributed by atoms with Crippen molar-refractivity contribution < 1.29 is 14.3 Å². The molecule has 0 aliphatic carbocycles. The maximum Gasteiger partial charge on any atom is 0.242 e. The molecule has 5 rings (SSSR count). The van der Waals surface area contributed by atoms with Crippen molar-refractivity contribution in [3.8, 4) is 0 Å². The molecule has 0 N–H and O–H groups in total. The van der Waals surface area contributed by atoms with E-state index in [9.17, 15) is 9.59 Å². The lowest BCUT2D eigenvalue weighted by Crippen LogP contribution is -2.42. The Labute approximate surface area is 181 Å². The molecule has 2 saturated heterocycles. The van der Waals surface area contributed by atoms with Crippen LogP contribution in [0.25, 0.3) is 11.0 Å². The number of carbonyl (C=O) groups is 2. The number of nitrogens with zero attached hydrogens (tertiary/aromatic N) is 4. The molecule has 0 saturated carbocycles. The monoisotopic (exact) mass is 418 g/mol. The summed E-state index contributed by atoms with van der Waals surface area (Å²) in [6.45, 7) is 5.20. The molecular formula is C24H26N4O3. The van der Waals surface area contributed by atoms with Gasteiger partial charge in [-0.25, -0.2) is 4.98 Å². The number of para-hydroxylation sites is 3. The first-order valence-corrected chi connectivity index (χ1v) is 10.8. The van der Waals surface area contributed by atoms with Gasteiger partial charge in [0.15, 0.2) is 0 Å². The number of rotatable bonds is 4. The number of hydrogen-bond acceptors (Lipinski definition) is 4. The summed E-state index contributed by atoms with van der Waals surface area (Å²) in [5.41, 5.74) is 3.81. The number of morpholine rings is 1. The Hall–Kier alpha value is -3.19. The maximum atomic E-state index is 13.0. The highest BCUT2D eigenvalue weighted by Crippen LogP contribution is 2.34. The third-order valence-electron chi connectivity index (χ3n) is 6.24. The van der Waals surface area contributed by atoms with Crippen LogP contribution in [0.15, 0.2) is 48.5 Å². The summed E-state index contributed by atoms with van der Waals surface area (Å²) in [4.78, 5) is 34.5. The maximum absolute atomic E-state index is 13.0. The van der Waals surface area contributed by atoms with E-state index in [2.05, 4.69) is 0 Å². The summed E-state index contributed by atoms with van der Waals surface area (Å²) in [6, 6.07) is 15.8. The summed E-state index contributed by atoms with van der Waals surface area (Å²) in [5, 5.41) is 0. The standard InChI is InChI=1S/C24H26N4O3/c1-17-6-2-4-8-20(17)27-15-18(14-22(27)29)24-25-19-7-3-5-9-21(19)28(24)16-23(30)26-10-12-31-13-11-26/h2-9,18H,10-16H2,1H3/t18-/m0/s1. The first-order valence-electron chi connectivity index (χ1n) is 10.8. The summed E-state index contributed by atoms with van der Waals surface area (Å²) < 4.78 is 7.39. The van der Waals surface area contributed by atoms with Gasteiger partial charge in [0.1, 0.15) is 12.4 Å². The fourth-order valence-corrected chi connectivity index (χ4v) is 4.60. The van der Waals surface area contributed by atoms with Crippen molar-refractivity contribution in [2.45, 2.75) is 25.8 Å². The minimum absolute atomic E-state index is 0.0583. The molecule has 31 heavy (non-hydrogen) atoms. The normalized spacial score (nSPS) is 19.4. The number of benzene rings is 2. The summed E-state index contributed by atoms with van der Waals surface area (Å²) in [7, 11) is 0. The zero-order valence-corrected chi connectivity index (χ0v) is 17.7. The van der Waals surface area contributed by atoms with E-state index in [1.165, 1.54) is 0 Å². The van der Waals surface area contributed by atoms with E-state index in [1.54, 1.807) is 0 Å². The SMILES string of the molecule is Cc1ccccc1N1C[C@@H](c2nc3ccccc3n2CC(=O)N2CCOCC2)CC1=O. The Balaban J connectivity index is 1.47. The molecule has 160 valence electrons. The van der Waals surface area contributed by atoms with Crippen LogP contribution in [0.4, 0.5) is 5.69 Å². The first-order chi connectivity index (χ1) is 15.1. The lowest BCUT2D eigenvalue weighted by atomic mass is 10.1. The van der Waals surface area contributed by atoms with Gasteiger partial charge < -0.3 is 19.1 Å². The van der Waals surface area contributed by atoms with E-state index >= 15 is 0 Å². The highest BCUT2D eigenvalue weighted by Gasteiger charge is 2.35. The van der Waals surface area contributed by atoms with E-state index in [0.717, 1.165) is 28.1 Å². The van der Waals surface area contributed by atoms with Crippen molar-refractivity contribution >= 4 is 28.5 Å². The molecule has 2 aliphatic rings. The lowest BCUT2D eigenvalue weighted by molar-refractivity contribution is -0.135. The van der Waals surface area contributed by atoms with Crippen molar-refractivity contribution in [1.82, 2.24) is 14.5 Å². The van der Waals surface area contributed by atoms with E-state index in [1.807, 2.05) is 69.8 Å². The van der Waals surface area contributed by atoms with Crippen LogP contribution < -0.4 is 4.90 Å². The smallest absolute Gasteiger partial charge is 0.242 e. The summed E-state index contributed by atoms with van der Waals surface area (Å²) in [5.74, 6) is 0.912. The second-order valence-corrected chi connectivity index (χ2v) is 8.23. The van der Waals surface area contributed by atoms with Crippen molar-refractivity contribution in [3.05, 3.63) is 59.9 Å². The van der Waals surface area contributed by atoms with Crippen LogP contribution in [0.2, 0.25) is 0 Å². The Kier molecular flexibility index (Phi) is 5.19. The molecule has 2 aromatic carbocycles. The number of ether oxygens (including phenoxy) is 1. The molecule has 7 nitrogen and oxygen atoms in total. The van der Waals surface area contributed by atoms with Gasteiger partial charge in [-0.2, -0.15) is 0 Å². The van der Waals surface area contributed by atoms with Gasteiger partial charge in [0.05, 0.1) is 24.2 Å². The topological polar surface area (TPSA) is 67.7 Å². The molecule has 0 radical (unpaired) electrons. The zero-order valence-electron chi connectivity index (χ0n) is 17.7. The van der Waals surface area contributed by atoms with Crippen LogP contribution in [0.3, 0.4) is 0 Å². The van der Waals surface area contributed by atoms with Crippen molar-refractivity contribution in [2.75, 3.05) is 37.7 Å². The first kappa shape index (κ1) is 19.8. The Bertz CT molecular complexity index is 1130.